The molecule has 0 atom stereocenters. The van der Waals surface area contributed by atoms with Crippen molar-refractivity contribution < 1.29 is 0 Å². The highest BCUT2D eigenvalue weighted by molar-refractivity contribution is 5.43. The van der Waals surface area contributed by atoms with Gasteiger partial charge in [-0.1, -0.05) is 24.3 Å². The third-order valence-electron chi connectivity index (χ3n) is 2.49. The summed E-state index contributed by atoms with van der Waals surface area (Å²) in [7, 11) is 0. The van der Waals surface area contributed by atoms with Crippen LogP contribution < -0.4 is 11.5 Å². The lowest BCUT2D eigenvalue weighted by molar-refractivity contribution is 1.17. The van der Waals surface area contributed by atoms with Crippen LogP contribution in [0.3, 0.4) is 0 Å². The zero-order valence-corrected chi connectivity index (χ0v) is 9.06. The summed E-state index contributed by atoms with van der Waals surface area (Å²) in [4.78, 5) is 0. The van der Waals surface area contributed by atoms with Crippen molar-refractivity contribution in [3.63, 3.8) is 0 Å². The van der Waals surface area contributed by atoms with Crippen molar-refractivity contribution in [3.8, 4) is 0 Å². The fraction of sp³-hybridized carbons (Fsp3) is 0.0714. The van der Waals surface area contributed by atoms with Crippen molar-refractivity contribution >= 4 is 11.4 Å². The van der Waals surface area contributed by atoms with E-state index >= 15 is 0 Å². The Balaban J connectivity index is 1.97. The number of rotatable bonds is 3. The van der Waals surface area contributed by atoms with Gasteiger partial charge in [-0.05, 0) is 48.2 Å². The van der Waals surface area contributed by atoms with Gasteiger partial charge in [0.25, 0.3) is 0 Å². The van der Waals surface area contributed by atoms with Gasteiger partial charge in [-0.2, -0.15) is 0 Å². The second-order valence-corrected chi connectivity index (χ2v) is 3.82. The van der Waals surface area contributed by atoms with E-state index in [9.17, 15) is 0 Å². The summed E-state index contributed by atoms with van der Waals surface area (Å²) in [5.41, 5.74) is 15.3. The Morgan fingerprint density at radius 1 is 0.750 bits per heavy atom. The highest BCUT2D eigenvalue weighted by Gasteiger charge is 1.96. The number of nitrogens with two attached hydrogens (primary N) is 2. The SMILES string of the molecule is Nc1ccc([CH]Cc2ccc(N)cc2)cc1. The summed E-state index contributed by atoms with van der Waals surface area (Å²) in [5.74, 6) is 0. The fourth-order valence-electron chi connectivity index (χ4n) is 1.52. The molecule has 0 bridgehead atoms. The molecule has 2 aromatic carbocycles. The van der Waals surface area contributed by atoms with Crippen molar-refractivity contribution in [1.82, 2.24) is 0 Å². The Morgan fingerprint density at radius 3 is 1.81 bits per heavy atom. The molecule has 0 fully saturated rings. The topological polar surface area (TPSA) is 52.0 Å². The van der Waals surface area contributed by atoms with E-state index in [1.807, 2.05) is 48.5 Å². The van der Waals surface area contributed by atoms with Crippen LogP contribution in [0.1, 0.15) is 11.1 Å². The van der Waals surface area contributed by atoms with Crippen LogP contribution in [-0.2, 0) is 6.42 Å². The summed E-state index contributed by atoms with van der Waals surface area (Å²) >= 11 is 0. The molecule has 0 unspecified atom stereocenters. The Bertz CT molecular complexity index is 398. The summed E-state index contributed by atoms with van der Waals surface area (Å²) in [5, 5.41) is 0. The van der Waals surface area contributed by atoms with E-state index in [1.165, 1.54) is 11.1 Å². The fourth-order valence-corrected chi connectivity index (χ4v) is 1.52. The van der Waals surface area contributed by atoms with E-state index in [4.69, 9.17) is 11.5 Å². The van der Waals surface area contributed by atoms with Crippen molar-refractivity contribution in [2.45, 2.75) is 6.42 Å². The summed E-state index contributed by atoms with van der Waals surface area (Å²) in [6.07, 6.45) is 3.08. The van der Waals surface area contributed by atoms with Gasteiger partial charge in [0.1, 0.15) is 0 Å². The molecule has 0 spiro atoms. The van der Waals surface area contributed by atoms with Gasteiger partial charge in [0.15, 0.2) is 0 Å². The second kappa shape index (κ2) is 4.71. The number of anilines is 2. The minimum atomic E-state index is 0.796. The molecule has 2 rings (SSSR count). The first kappa shape index (κ1) is 10.6. The predicted octanol–water partition coefficient (Wildman–Crippen LogP) is 2.65. The van der Waals surface area contributed by atoms with Gasteiger partial charge in [-0.15, -0.1) is 0 Å². The third-order valence-corrected chi connectivity index (χ3v) is 2.49. The molecular formula is C14H15N2. The lowest BCUT2D eigenvalue weighted by atomic mass is 10.0. The Kier molecular flexibility index (Phi) is 3.10. The van der Waals surface area contributed by atoms with Crippen molar-refractivity contribution in [1.29, 1.82) is 0 Å². The van der Waals surface area contributed by atoms with E-state index < -0.39 is 0 Å². The molecule has 0 aliphatic rings. The van der Waals surface area contributed by atoms with Gasteiger partial charge in [-0.25, -0.2) is 0 Å². The van der Waals surface area contributed by atoms with E-state index in [0.29, 0.717) is 0 Å². The Hall–Kier alpha value is -1.96. The normalized spacial score (nSPS) is 10.2. The molecule has 2 heteroatoms. The average Bonchev–Trinajstić information content (AvgIpc) is 2.30. The molecule has 0 aliphatic heterocycles. The van der Waals surface area contributed by atoms with Crippen LogP contribution in [0.5, 0.6) is 0 Å². The molecule has 1 radical (unpaired) electrons. The van der Waals surface area contributed by atoms with Crippen LogP contribution in [0, 0.1) is 6.42 Å². The number of nitrogen functional groups attached to an aromatic ring is 2. The Morgan fingerprint density at radius 2 is 1.25 bits per heavy atom. The quantitative estimate of drug-likeness (QED) is 0.767. The zero-order chi connectivity index (χ0) is 11.4. The van der Waals surface area contributed by atoms with Crippen LogP contribution in [0.15, 0.2) is 48.5 Å². The zero-order valence-electron chi connectivity index (χ0n) is 9.06. The molecule has 16 heavy (non-hydrogen) atoms. The van der Waals surface area contributed by atoms with Crippen molar-refractivity contribution in [2.24, 2.45) is 0 Å². The molecule has 0 saturated heterocycles. The molecule has 2 aromatic rings. The van der Waals surface area contributed by atoms with Gasteiger partial charge >= 0.3 is 0 Å². The van der Waals surface area contributed by atoms with Crippen LogP contribution in [-0.4, -0.2) is 0 Å². The van der Waals surface area contributed by atoms with E-state index in [-0.39, 0.29) is 0 Å². The first-order chi connectivity index (χ1) is 7.74. The summed E-state index contributed by atoms with van der Waals surface area (Å²) in [6.45, 7) is 0. The molecule has 0 heterocycles. The van der Waals surface area contributed by atoms with E-state index in [2.05, 4.69) is 6.42 Å². The lowest BCUT2D eigenvalue weighted by Gasteiger charge is -2.02. The standard InChI is InChI=1S/C14H15N2/c15-13-7-3-11(4-8-13)1-2-12-5-9-14(16)10-6-12/h1,3-10H,2,15-16H2. The van der Waals surface area contributed by atoms with Crippen LogP contribution >= 0.6 is 0 Å². The maximum absolute atomic E-state index is 5.63. The van der Waals surface area contributed by atoms with Crippen molar-refractivity contribution in [2.75, 3.05) is 11.5 Å². The monoisotopic (exact) mass is 211 g/mol. The number of benzene rings is 2. The molecule has 0 saturated carbocycles. The van der Waals surface area contributed by atoms with E-state index in [0.717, 1.165) is 17.8 Å². The van der Waals surface area contributed by atoms with Crippen LogP contribution in [0.25, 0.3) is 0 Å². The molecule has 4 N–H and O–H groups in total. The highest BCUT2D eigenvalue weighted by atomic mass is 14.5. The van der Waals surface area contributed by atoms with Crippen molar-refractivity contribution in [3.05, 3.63) is 66.1 Å². The maximum Gasteiger partial charge on any atom is 0.0314 e. The minimum Gasteiger partial charge on any atom is -0.399 e. The smallest absolute Gasteiger partial charge is 0.0314 e. The molecule has 0 aromatic heterocycles. The third kappa shape index (κ3) is 2.76. The van der Waals surface area contributed by atoms with Gasteiger partial charge < -0.3 is 11.5 Å². The lowest BCUT2D eigenvalue weighted by Crippen LogP contribution is -1.91. The van der Waals surface area contributed by atoms with Gasteiger partial charge in [-0.3, -0.25) is 0 Å². The molecule has 81 valence electrons. The Labute approximate surface area is 95.9 Å². The van der Waals surface area contributed by atoms with Crippen LogP contribution in [0.4, 0.5) is 11.4 Å². The predicted molar refractivity (Wildman–Crippen MR) is 68.8 cm³/mol. The van der Waals surface area contributed by atoms with Gasteiger partial charge in [0, 0.05) is 11.4 Å². The molecule has 2 nitrogen and oxygen atoms in total. The maximum atomic E-state index is 5.63. The first-order valence-corrected chi connectivity index (χ1v) is 5.27. The first-order valence-electron chi connectivity index (χ1n) is 5.27. The van der Waals surface area contributed by atoms with Gasteiger partial charge in [0.05, 0.1) is 0 Å². The minimum absolute atomic E-state index is 0.796. The van der Waals surface area contributed by atoms with Gasteiger partial charge in [0.2, 0.25) is 0 Å². The summed E-state index contributed by atoms with van der Waals surface area (Å²) < 4.78 is 0. The van der Waals surface area contributed by atoms with Crippen LogP contribution in [0.2, 0.25) is 0 Å². The molecular weight excluding hydrogens is 196 g/mol. The molecule has 0 amide bonds. The number of hydrogen-bond acceptors (Lipinski definition) is 2. The second-order valence-electron chi connectivity index (χ2n) is 3.82. The number of hydrogen-bond donors (Lipinski definition) is 2. The largest absolute Gasteiger partial charge is 0.399 e. The van der Waals surface area contributed by atoms with E-state index in [1.54, 1.807) is 0 Å². The average molecular weight is 211 g/mol. The summed E-state index contributed by atoms with van der Waals surface area (Å²) in [6, 6.07) is 15.8. The highest BCUT2D eigenvalue weighted by Crippen LogP contribution is 2.12. The molecule has 0 aliphatic carbocycles.